The van der Waals surface area contributed by atoms with E-state index in [0.717, 1.165) is 6.42 Å². The molecule has 0 saturated heterocycles. The number of benzene rings is 2. The van der Waals surface area contributed by atoms with Crippen LogP contribution >= 0.6 is 0 Å². The molecule has 2 aromatic carbocycles. The van der Waals surface area contributed by atoms with Crippen LogP contribution in [0.15, 0.2) is 54.6 Å². The summed E-state index contributed by atoms with van der Waals surface area (Å²) in [6, 6.07) is 16.9. The van der Waals surface area contributed by atoms with Crippen LogP contribution in [-0.2, 0) is 0 Å². The van der Waals surface area contributed by atoms with Crippen LogP contribution in [-0.4, -0.2) is 6.09 Å². The highest BCUT2D eigenvalue weighted by Gasteiger charge is 2.06. The third-order valence-electron chi connectivity index (χ3n) is 3.29. The van der Waals surface area contributed by atoms with Gasteiger partial charge in [0.1, 0.15) is 5.75 Å². The van der Waals surface area contributed by atoms with Gasteiger partial charge in [-0.15, -0.1) is 0 Å². The molecule has 3 nitrogen and oxygen atoms in total. The van der Waals surface area contributed by atoms with Crippen LogP contribution in [0.4, 0.5) is 10.5 Å². The quantitative estimate of drug-likeness (QED) is 0.864. The lowest BCUT2D eigenvalue weighted by Crippen LogP contribution is -2.16. The molecule has 0 heterocycles. The molecule has 3 heteroatoms. The molecule has 0 fully saturated rings. The lowest BCUT2D eigenvalue weighted by molar-refractivity contribution is 0.215. The van der Waals surface area contributed by atoms with Crippen molar-refractivity contribution >= 4 is 11.8 Å². The fourth-order valence-corrected chi connectivity index (χ4v) is 1.87. The van der Waals surface area contributed by atoms with Gasteiger partial charge >= 0.3 is 6.09 Å². The van der Waals surface area contributed by atoms with Crippen LogP contribution in [0.1, 0.15) is 31.7 Å². The minimum atomic E-state index is -0.479. The standard InChI is InChI=1S/C17H19NO2/c1-3-13(2)14-9-11-16(12-10-14)20-17(19)18-15-7-5-4-6-8-15/h4-13H,3H2,1-2H3,(H,18,19). The third kappa shape index (κ3) is 3.85. The van der Waals surface area contributed by atoms with Gasteiger partial charge in [-0.2, -0.15) is 0 Å². The molecule has 0 bridgehead atoms. The molecule has 1 N–H and O–H groups in total. The Morgan fingerprint density at radius 3 is 2.35 bits per heavy atom. The molecule has 0 radical (unpaired) electrons. The van der Waals surface area contributed by atoms with Crippen LogP contribution in [0.3, 0.4) is 0 Å². The van der Waals surface area contributed by atoms with Gasteiger partial charge in [0, 0.05) is 5.69 Å². The number of nitrogens with one attached hydrogen (secondary N) is 1. The number of hydrogen-bond acceptors (Lipinski definition) is 2. The number of para-hydroxylation sites is 1. The molecule has 0 aliphatic rings. The van der Waals surface area contributed by atoms with Crippen LogP contribution in [0.5, 0.6) is 5.75 Å². The Kier molecular flexibility index (Phi) is 4.77. The average Bonchev–Trinajstić information content (AvgIpc) is 2.48. The normalized spacial score (nSPS) is 11.7. The van der Waals surface area contributed by atoms with Crippen LogP contribution < -0.4 is 10.1 Å². The Bertz CT molecular complexity index is 549. The summed E-state index contributed by atoms with van der Waals surface area (Å²) < 4.78 is 5.24. The van der Waals surface area contributed by atoms with Gasteiger partial charge in [-0.25, -0.2) is 4.79 Å². The van der Waals surface area contributed by atoms with E-state index in [1.54, 1.807) is 0 Å². The summed E-state index contributed by atoms with van der Waals surface area (Å²) in [6.45, 7) is 4.33. The first-order valence-corrected chi connectivity index (χ1v) is 6.83. The van der Waals surface area contributed by atoms with Crippen molar-refractivity contribution in [1.82, 2.24) is 0 Å². The van der Waals surface area contributed by atoms with Gasteiger partial charge < -0.3 is 4.74 Å². The Morgan fingerprint density at radius 1 is 1.10 bits per heavy atom. The van der Waals surface area contributed by atoms with E-state index in [9.17, 15) is 4.79 Å². The van der Waals surface area contributed by atoms with Crippen molar-refractivity contribution in [2.75, 3.05) is 5.32 Å². The predicted molar refractivity (Wildman–Crippen MR) is 81.2 cm³/mol. The number of anilines is 1. The Balaban J connectivity index is 1.94. The molecule has 104 valence electrons. The SMILES string of the molecule is CCC(C)c1ccc(OC(=O)Nc2ccccc2)cc1. The van der Waals surface area contributed by atoms with Crippen LogP contribution in [0.2, 0.25) is 0 Å². The van der Waals surface area contributed by atoms with Crippen molar-refractivity contribution in [3.63, 3.8) is 0 Å². The smallest absolute Gasteiger partial charge is 0.410 e. The van der Waals surface area contributed by atoms with Crippen molar-refractivity contribution in [2.24, 2.45) is 0 Å². The van der Waals surface area contributed by atoms with Gasteiger partial charge in [0.2, 0.25) is 0 Å². The summed E-state index contributed by atoms with van der Waals surface area (Å²) >= 11 is 0. The maximum Gasteiger partial charge on any atom is 0.417 e. The molecule has 0 aliphatic heterocycles. The van der Waals surface area contributed by atoms with E-state index in [1.165, 1.54) is 5.56 Å². The second kappa shape index (κ2) is 6.75. The van der Waals surface area contributed by atoms with Crippen LogP contribution in [0, 0.1) is 0 Å². The Hall–Kier alpha value is -2.29. The maximum absolute atomic E-state index is 11.7. The van der Waals surface area contributed by atoms with Crippen molar-refractivity contribution in [1.29, 1.82) is 0 Å². The van der Waals surface area contributed by atoms with E-state index in [4.69, 9.17) is 4.74 Å². The summed E-state index contributed by atoms with van der Waals surface area (Å²) in [5.41, 5.74) is 1.97. The molecule has 0 aromatic heterocycles. The minimum absolute atomic E-state index is 0.479. The fourth-order valence-electron chi connectivity index (χ4n) is 1.87. The van der Waals surface area contributed by atoms with Crippen molar-refractivity contribution in [2.45, 2.75) is 26.2 Å². The van der Waals surface area contributed by atoms with E-state index >= 15 is 0 Å². The van der Waals surface area contributed by atoms with E-state index in [0.29, 0.717) is 17.4 Å². The lowest BCUT2D eigenvalue weighted by atomic mass is 9.99. The number of amides is 1. The van der Waals surface area contributed by atoms with E-state index < -0.39 is 6.09 Å². The molecule has 1 amide bonds. The molecular formula is C17H19NO2. The molecular weight excluding hydrogens is 250 g/mol. The van der Waals surface area contributed by atoms with E-state index in [-0.39, 0.29) is 0 Å². The molecule has 1 unspecified atom stereocenters. The minimum Gasteiger partial charge on any atom is -0.410 e. The second-order valence-corrected chi connectivity index (χ2v) is 4.76. The highest BCUT2D eigenvalue weighted by Crippen LogP contribution is 2.21. The summed E-state index contributed by atoms with van der Waals surface area (Å²) in [7, 11) is 0. The topological polar surface area (TPSA) is 38.3 Å². The van der Waals surface area contributed by atoms with E-state index in [2.05, 4.69) is 19.2 Å². The summed E-state index contributed by atoms with van der Waals surface area (Å²) in [4.78, 5) is 11.7. The fraction of sp³-hybridized carbons (Fsp3) is 0.235. The van der Waals surface area contributed by atoms with E-state index in [1.807, 2.05) is 54.6 Å². The maximum atomic E-state index is 11.7. The number of hydrogen-bond donors (Lipinski definition) is 1. The molecule has 1 atom stereocenters. The summed E-state index contributed by atoms with van der Waals surface area (Å²) in [6.07, 6.45) is 0.613. The zero-order chi connectivity index (χ0) is 14.4. The van der Waals surface area contributed by atoms with Crippen molar-refractivity contribution in [3.05, 3.63) is 60.2 Å². The zero-order valence-corrected chi connectivity index (χ0v) is 11.8. The van der Waals surface area contributed by atoms with Gasteiger partial charge in [-0.1, -0.05) is 44.2 Å². The summed E-state index contributed by atoms with van der Waals surface area (Å²) in [5, 5.41) is 2.68. The first-order valence-electron chi connectivity index (χ1n) is 6.83. The van der Waals surface area contributed by atoms with Crippen molar-refractivity contribution < 1.29 is 9.53 Å². The van der Waals surface area contributed by atoms with Gasteiger partial charge in [0.25, 0.3) is 0 Å². The molecule has 2 aromatic rings. The predicted octanol–water partition coefficient (Wildman–Crippen LogP) is 4.81. The number of carbonyl (C=O) groups is 1. The molecule has 2 rings (SSSR count). The molecule has 20 heavy (non-hydrogen) atoms. The number of ether oxygens (including phenoxy) is 1. The average molecular weight is 269 g/mol. The van der Waals surface area contributed by atoms with Gasteiger partial charge in [0.15, 0.2) is 0 Å². The van der Waals surface area contributed by atoms with Crippen molar-refractivity contribution in [3.8, 4) is 5.75 Å². The lowest BCUT2D eigenvalue weighted by Gasteiger charge is -2.10. The van der Waals surface area contributed by atoms with Crippen LogP contribution in [0.25, 0.3) is 0 Å². The molecule has 0 saturated carbocycles. The monoisotopic (exact) mass is 269 g/mol. The first kappa shape index (κ1) is 14.1. The third-order valence-corrected chi connectivity index (χ3v) is 3.29. The molecule has 0 aliphatic carbocycles. The number of carbonyl (C=O) groups excluding carboxylic acids is 1. The zero-order valence-electron chi connectivity index (χ0n) is 11.8. The Labute approximate surface area is 119 Å². The summed E-state index contributed by atoms with van der Waals surface area (Å²) in [5.74, 6) is 1.06. The second-order valence-electron chi connectivity index (χ2n) is 4.76. The van der Waals surface area contributed by atoms with Gasteiger partial charge in [-0.05, 0) is 42.2 Å². The Morgan fingerprint density at radius 2 is 1.75 bits per heavy atom. The first-order chi connectivity index (χ1) is 9.69. The number of rotatable bonds is 4. The van der Waals surface area contributed by atoms with Gasteiger partial charge in [-0.3, -0.25) is 5.32 Å². The largest absolute Gasteiger partial charge is 0.417 e. The van der Waals surface area contributed by atoms with Gasteiger partial charge in [0.05, 0.1) is 0 Å². The highest BCUT2D eigenvalue weighted by molar-refractivity contribution is 5.86. The highest BCUT2D eigenvalue weighted by atomic mass is 16.6. The molecule has 0 spiro atoms.